The lowest BCUT2D eigenvalue weighted by Crippen LogP contribution is -2.36. The molecular weight excluding hydrogens is 955 g/mol. The topological polar surface area (TPSA) is 258 Å². The molecule has 4 heterocycles. The number of carbonyl (C=O) groups excluding carboxylic acids is 8. The molecule has 4 aliphatic heterocycles. The van der Waals surface area contributed by atoms with Crippen LogP contribution in [0.2, 0.25) is 0 Å². The van der Waals surface area contributed by atoms with Crippen molar-refractivity contribution in [3.05, 3.63) is 34.9 Å². The van der Waals surface area contributed by atoms with Gasteiger partial charge in [-0.2, -0.15) is 23.5 Å². The van der Waals surface area contributed by atoms with Gasteiger partial charge in [-0.25, -0.2) is 9.59 Å². The molecule has 0 bridgehead atoms. The monoisotopic (exact) mass is 1030 g/mol. The van der Waals surface area contributed by atoms with E-state index in [9.17, 15) is 38.4 Å². The van der Waals surface area contributed by atoms with Gasteiger partial charge in [0.05, 0.1) is 70.2 Å². The van der Waals surface area contributed by atoms with Crippen LogP contribution in [-0.2, 0) is 55.8 Å². The molecule has 21 heteroatoms. The zero-order valence-electron chi connectivity index (χ0n) is 41.8. The van der Waals surface area contributed by atoms with Gasteiger partial charge in [0.2, 0.25) is 11.8 Å². The number of Topliss-reactive ketones (excluding diaryl/α,β-unsaturated/α-hetero) is 2. The van der Waals surface area contributed by atoms with Crippen LogP contribution >= 0.6 is 23.5 Å². The number of nitrogens with one attached hydrogen (secondary N) is 7. The number of ether oxygens (including phenoxy) is 4. The van der Waals surface area contributed by atoms with Gasteiger partial charge < -0.3 is 56.2 Å². The number of amides is 7. The van der Waals surface area contributed by atoms with E-state index in [2.05, 4.69) is 37.2 Å². The second-order valence-corrected chi connectivity index (χ2v) is 22.1. The molecule has 1 aromatic carbocycles. The molecule has 7 amide bonds. The van der Waals surface area contributed by atoms with Crippen molar-refractivity contribution in [3.8, 4) is 0 Å². The van der Waals surface area contributed by atoms with Crippen molar-refractivity contribution in [2.24, 2.45) is 0 Å². The van der Waals surface area contributed by atoms with Gasteiger partial charge in [-0.15, -0.1) is 0 Å². The van der Waals surface area contributed by atoms with Gasteiger partial charge in [-0.1, -0.05) is 18.9 Å². The van der Waals surface area contributed by atoms with Crippen LogP contribution in [-0.4, -0.2) is 158 Å². The molecule has 5 rings (SSSR count). The largest absolute Gasteiger partial charge is 0.460 e. The molecule has 396 valence electrons. The molecule has 0 saturated carbocycles. The van der Waals surface area contributed by atoms with Crippen molar-refractivity contribution in [1.82, 2.24) is 37.2 Å². The summed E-state index contributed by atoms with van der Waals surface area (Å²) in [7, 11) is 0. The Kier molecular flexibility index (Phi) is 24.7. The number of benzene rings is 1. The first kappa shape index (κ1) is 57.5. The molecule has 0 spiro atoms. The van der Waals surface area contributed by atoms with E-state index in [0.29, 0.717) is 92.4 Å². The number of urea groups is 2. The van der Waals surface area contributed by atoms with Crippen molar-refractivity contribution in [3.63, 3.8) is 0 Å². The maximum Gasteiger partial charge on any atom is 0.315 e. The zero-order valence-corrected chi connectivity index (χ0v) is 43.4. The molecule has 0 aliphatic carbocycles. The summed E-state index contributed by atoms with van der Waals surface area (Å²) >= 11 is 3.72. The molecule has 7 N–H and O–H groups in total. The van der Waals surface area contributed by atoms with Gasteiger partial charge >= 0.3 is 18.0 Å². The number of fused-ring (bicyclic) bond motifs is 2. The van der Waals surface area contributed by atoms with Gasteiger partial charge in [0, 0.05) is 85.7 Å². The molecule has 4 aliphatic rings. The average Bonchev–Trinajstić information content (AvgIpc) is 4.08. The van der Waals surface area contributed by atoms with Gasteiger partial charge in [-0.3, -0.25) is 28.8 Å². The Hall–Kier alpha value is -4.44. The van der Waals surface area contributed by atoms with Crippen LogP contribution in [0.25, 0.3) is 0 Å². The zero-order chi connectivity index (χ0) is 51.0. The minimum atomic E-state index is -0.536. The number of carbonyl (C=O) groups is 8. The summed E-state index contributed by atoms with van der Waals surface area (Å²) in [5.74, 6) is 0.889. The Balaban J connectivity index is 0.981. The van der Waals surface area contributed by atoms with Crippen molar-refractivity contribution in [2.45, 2.75) is 157 Å². The molecule has 4 saturated heterocycles. The number of unbranched alkanes of at least 4 members (excludes halogenated alkanes) is 2. The molecule has 4 fully saturated rings. The van der Waals surface area contributed by atoms with E-state index >= 15 is 0 Å². The summed E-state index contributed by atoms with van der Waals surface area (Å²) in [5, 5.41) is 21.3. The number of esters is 1. The first-order valence-electron chi connectivity index (χ1n) is 25.4. The summed E-state index contributed by atoms with van der Waals surface area (Å²) in [6.07, 6.45) is 7.62. The van der Waals surface area contributed by atoms with E-state index in [1.165, 1.54) is 0 Å². The number of ketones is 2. The lowest BCUT2D eigenvalue weighted by molar-refractivity contribution is -0.156. The fraction of sp³-hybridized carbons (Fsp3) is 0.720. The molecule has 0 radical (unpaired) electrons. The van der Waals surface area contributed by atoms with E-state index in [-0.39, 0.29) is 123 Å². The molecule has 71 heavy (non-hydrogen) atoms. The van der Waals surface area contributed by atoms with Gasteiger partial charge in [0.1, 0.15) is 17.2 Å². The van der Waals surface area contributed by atoms with Crippen molar-refractivity contribution >= 4 is 70.8 Å². The molecule has 1 aromatic rings. The fourth-order valence-electron chi connectivity index (χ4n) is 8.91. The number of hydrogen-bond acceptors (Lipinski definition) is 14. The van der Waals surface area contributed by atoms with Crippen molar-refractivity contribution < 1.29 is 57.3 Å². The summed E-state index contributed by atoms with van der Waals surface area (Å²) in [4.78, 5) is 99.7. The third-order valence-corrected chi connectivity index (χ3v) is 15.4. The quantitative estimate of drug-likeness (QED) is 0.0291. The second kappa shape index (κ2) is 30.6. The molecule has 6 unspecified atom stereocenters. The van der Waals surface area contributed by atoms with Crippen molar-refractivity contribution in [1.29, 1.82) is 0 Å². The Morgan fingerprint density at radius 3 is 1.54 bits per heavy atom. The maximum atomic E-state index is 13.4. The van der Waals surface area contributed by atoms with Crippen LogP contribution in [0.3, 0.4) is 0 Å². The van der Waals surface area contributed by atoms with Crippen molar-refractivity contribution in [2.75, 3.05) is 70.8 Å². The Morgan fingerprint density at radius 2 is 1.04 bits per heavy atom. The van der Waals surface area contributed by atoms with E-state index < -0.39 is 5.60 Å². The highest BCUT2D eigenvalue weighted by molar-refractivity contribution is 8.00. The van der Waals surface area contributed by atoms with E-state index in [1.807, 2.05) is 44.3 Å². The third-order valence-electron chi connectivity index (χ3n) is 12.3. The van der Waals surface area contributed by atoms with Gasteiger partial charge in [0.25, 0.3) is 5.91 Å². The molecule has 6 atom stereocenters. The maximum absolute atomic E-state index is 13.4. The average molecular weight is 1030 g/mol. The number of thioether (sulfide) groups is 2. The van der Waals surface area contributed by atoms with E-state index in [0.717, 1.165) is 50.0 Å². The second-order valence-electron chi connectivity index (χ2n) is 19.5. The van der Waals surface area contributed by atoms with Crippen LogP contribution in [0.5, 0.6) is 0 Å². The highest BCUT2D eigenvalue weighted by Crippen LogP contribution is 2.34. The van der Waals surface area contributed by atoms with Crippen LogP contribution in [0.15, 0.2) is 18.2 Å². The minimum Gasteiger partial charge on any atom is -0.460 e. The first-order chi connectivity index (χ1) is 34.1. The Labute approximate surface area is 426 Å². The minimum absolute atomic E-state index is 0.0562. The Bertz CT molecular complexity index is 1850. The third kappa shape index (κ3) is 22.1. The lowest BCUT2D eigenvalue weighted by Gasteiger charge is -2.19. The van der Waals surface area contributed by atoms with Gasteiger partial charge in [0.15, 0.2) is 0 Å². The normalized spacial score (nSPS) is 21.1. The van der Waals surface area contributed by atoms with E-state index in [1.54, 1.807) is 18.2 Å². The standard InChI is InChI=1S/C50H77N7O12S2/c1-50(2,3)69-44(62)16-20-66-22-24-68-25-23-67-21-19-53-47(63)35-27-33(29-36(58)10-8-17-51-42(60)14-6-4-12-40-45-38(31-70-40)54-48(64)56-45)26-34(28-35)30-37(59)11-9-18-52-43(61)15-7-5-13-41-46-39(32-71-41)55-49(65)57-46/h26-28,38-41,45-46H,4-25,29-32H2,1-3H3,(H,51,60)(H,52,61)(H,53,63)(H2,54,56,64)(H2,55,57,65). The summed E-state index contributed by atoms with van der Waals surface area (Å²) in [6, 6.07) is 5.57. The SMILES string of the molecule is CC(C)(C)OC(=O)CCOCCOCCOCCNC(=O)c1cc(CC(=O)CCCNC(=O)CCCCC2SCC3NC(=O)NC32)cc(CC(=O)CCCNC(=O)CCCCC2SCC3NC(=O)NC32)c1. The summed E-state index contributed by atoms with van der Waals surface area (Å²) in [6.45, 7) is 8.14. The molecule has 0 aromatic heterocycles. The summed E-state index contributed by atoms with van der Waals surface area (Å²) < 4.78 is 21.8. The molecular formula is C50H77N7O12S2. The number of hydrogen-bond donors (Lipinski definition) is 7. The van der Waals surface area contributed by atoms with Gasteiger partial charge in [-0.05, 0) is 82.6 Å². The van der Waals surface area contributed by atoms with Crippen LogP contribution in [0.4, 0.5) is 9.59 Å². The predicted molar refractivity (Wildman–Crippen MR) is 272 cm³/mol. The highest BCUT2D eigenvalue weighted by atomic mass is 32.2. The first-order valence-corrected chi connectivity index (χ1v) is 27.5. The summed E-state index contributed by atoms with van der Waals surface area (Å²) in [5.41, 5.74) is 1.00. The fourth-order valence-corrected chi connectivity index (χ4v) is 12.0. The lowest BCUT2D eigenvalue weighted by atomic mass is 9.96. The van der Waals surface area contributed by atoms with E-state index in [4.69, 9.17) is 18.9 Å². The highest BCUT2D eigenvalue weighted by Gasteiger charge is 2.43. The van der Waals surface area contributed by atoms with Crippen LogP contribution < -0.4 is 37.2 Å². The smallest absolute Gasteiger partial charge is 0.315 e. The van der Waals surface area contributed by atoms with Crippen LogP contribution in [0, 0.1) is 0 Å². The molecule has 19 nitrogen and oxygen atoms in total. The predicted octanol–water partition coefficient (Wildman–Crippen LogP) is 3.67. The van der Waals surface area contributed by atoms with Crippen LogP contribution in [0.1, 0.15) is 126 Å². The number of rotatable bonds is 35. The Morgan fingerprint density at radius 1 is 0.563 bits per heavy atom.